The number of carboxylic acids is 1. The number of nitrogens with one attached hydrogen (secondary N) is 1. The van der Waals surface area contributed by atoms with Crippen LogP contribution in [0.15, 0.2) is 22.3 Å². The van der Waals surface area contributed by atoms with Gasteiger partial charge >= 0.3 is 11.9 Å². The molecule has 34 heavy (non-hydrogen) atoms. The van der Waals surface area contributed by atoms with Crippen LogP contribution in [0.3, 0.4) is 0 Å². The van der Waals surface area contributed by atoms with Gasteiger partial charge in [-0.1, -0.05) is 5.16 Å². The highest BCUT2D eigenvalue weighted by Crippen LogP contribution is 2.37. The molecular formula is C20H25N5O7S2. The summed E-state index contributed by atoms with van der Waals surface area (Å²) in [7, 11) is 0. The average Bonchev–Trinajstić information content (AvgIpc) is 3.15. The molecule has 1 unspecified atom stereocenters. The Morgan fingerprint density at radius 2 is 1.97 bits per heavy atom. The molecule has 12 nitrogen and oxygen atoms in total. The number of oxime groups is 1. The maximum Gasteiger partial charge on any atom is 0.353 e. The summed E-state index contributed by atoms with van der Waals surface area (Å²) in [6.07, 6.45) is 1.44. The molecule has 184 valence electrons. The number of rotatable bonds is 7. The molecule has 1 aromatic rings. The van der Waals surface area contributed by atoms with Crippen LogP contribution in [0.4, 0.5) is 5.13 Å². The van der Waals surface area contributed by atoms with Gasteiger partial charge in [0.2, 0.25) is 5.60 Å². The van der Waals surface area contributed by atoms with Crippen molar-refractivity contribution < 1.29 is 33.9 Å². The van der Waals surface area contributed by atoms with Crippen molar-refractivity contribution in [2.45, 2.75) is 57.2 Å². The number of aliphatic carboxylic acids is 1. The number of fused-ring (bicyclic) bond motifs is 1. The Balaban J connectivity index is 1.80. The van der Waals surface area contributed by atoms with E-state index in [4.69, 9.17) is 15.3 Å². The molecule has 0 bridgehead atoms. The Hall–Kier alpha value is -3.13. The number of ether oxygens (including phenoxy) is 1. The molecule has 0 saturated carbocycles. The highest BCUT2D eigenvalue weighted by atomic mass is 32.2. The highest BCUT2D eigenvalue weighted by Gasteiger charge is 2.53. The number of hydrogen-bond acceptors (Lipinski definition) is 11. The number of amides is 2. The van der Waals surface area contributed by atoms with Gasteiger partial charge in [-0.3, -0.25) is 14.5 Å². The van der Waals surface area contributed by atoms with E-state index in [9.17, 15) is 24.3 Å². The number of nitrogens with two attached hydrogens (primary N) is 1. The first-order valence-corrected chi connectivity index (χ1v) is 12.0. The Labute approximate surface area is 203 Å². The molecule has 2 aliphatic rings. The fourth-order valence-electron chi connectivity index (χ4n) is 2.95. The largest absolute Gasteiger partial charge is 0.477 e. The summed E-state index contributed by atoms with van der Waals surface area (Å²) in [6, 6.07) is -0.972. The van der Waals surface area contributed by atoms with Crippen LogP contribution in [-0.2, 0) is 28.8 Å². The van der Waals surface area contributed by atoms with Gasteiger partial charge in [-0.15, -0.1) is 23.1 Å². The molecule has 1 aromatic heterocycles. The first-order valence-electron chi connectivity index (χ1n) is 10.1. The number of carbonyl (C=O) groups is 4. The van der Waals surface area contributed by atoms with Gasteiger partial charge in [0, 0.05) is 11.1 Å². The Morgan fingerprint density at radius 1 is 1.29 bits per heavy atom. The molecule has 14 heteroatoms. The van der Waals surface area contributed by atoms with Gasteiger partial charge < -0.3 is 25.7 Å². The molecule has 3 heterocycles. The van der Waals surface area contributed by atoms with Crippen LogP contribution in [0.2, 0.25) is 0 Å². The lowest BCUT2D eigenvalue weighted by Gasteiger charge is -2.48. The molecule has 2 amide bonds. The smallest absolute Gasteiger partial charge is 0.353 e. The maximum atomic E-state index is 13.1. The van der Waals surface area contributed by atoms with Crippen LogP contribution in [0.5, 0.6) is 0 Å². The van der Waals surface area contributed by atoms with E-state index in [0.29, 0.717) is 5.75 Å². The van der Waals surface area contributed by atoms with Crippen molar-refractivity contribution in [1.82, 2.24) is 15.2 Å². The minimum atomic E-state index is -1.54. The van der Waals surface area contributed by atoms with Gasteiger partial charge in [-0.2, -0.15) is 0 Å². The highest BCUT2D eigenvalue weighted by molar-refractivity contribution is 8.00. The van der Waals surface area contributed by atoms with Crippen molar-refractivity contribution >= 4 is 57.7 Å². The zero-order chi connectivity index (χ0) is 25.4. The summed E-state index contributed by atoms with van der Waals surface area (Å²) >= 11 is 2.38. The molecule has 1 saturated heterocycles. The van der Waals surface area contributed by atoms with E-state index >= 15 is 0 Å². The standard InChI is InChI=1S/C20H25N5O7S2/c1-19(2,3)31-17(30)20(4,5)32-24-11(9-8-34-18(21)22-9)13(26)23-12-14(27)25-10(16(28)29)6-7-33-15(12)25/h6,8,12,15H,7H2,1-5H3,(H2,21,22)(H,23,26)(H,28,29)/b24-11-/t12?,15-/m1/s1. The fraction of sp³-hybridized carbons (Fsp3) is 0.500. The normalized spacial score (nSPS) is 20.6. The Kier molecular flexibility index (Phi) is 6.94. The Morgan fingerprint density at radius 3 is 2.53 bits per heavy atom. The van der Waals surface area contributed by atoms with Crippen LogP contribution in [0.25, 0.3) is 0 Å². The third-order valence-electron chi connectivity index (χ3n) is 4.59. The summed E-state index contributed by atoms with van der Waals surface area (Å²) in [4.78, 5) is 60.1. The van der Waals surface area contributed by atoms with Gasteiger partial charge in [0.25, 0.3) is 11.8 Å². The number of aromatic nitrogens is 1. The number of nitrogens with zero attached hydrogens (tertiary/aromatic N) is 3. The SMILES string of the molecule is CC(C)(C)OC(=O)C(C)(C)O/N=C(\C(=O)NC1C(=O)N2C(C(=O)O)=CCS[C@H]12)c1csc(N)n1. The lowest BCUT2D eigenvalue weighted by atomic mass is 10.0. The number of carbonyl (C=O) groups excluding carboxylic acids is 3. The third kappa shape index (κ3) is 5.33. The van der Waals surface area contributed by atoms with E-state index in [0.717, 1.165) is 16.2 Å². The fourth-order valence-corrected chi connectivity index (χ4v) is 4.69. The van der Waals surface area contributed by atoms with E-state index in [-0.39, 0.29) is 22.2 Å². The molecule has 0 spiro atoms. The number of thiazole rings is 1. The number of hydrogen-bond donors (Lipinski definition) is 3. The van der Waals surface area contributed by atoms with Gasteiger partial charge in [0.05, 0.1) is 0 Å². The van der Waals surface area contributed by atoms with Crippen LogP contribution in [-0.4, -0.2) is 72.8 Å². The van der Waals surface area contributed by atoms with Gasteiger partial charge in [-0.05, 0) is 40.7 Å². The lowest BCUT2D eigenvalue weighted by molar-refractivity contribution is -0.179. The molecule has 3 rings (SSSR count). The molecule has 0 aromatic carbocycles. The van der Waals surface area contributed by atoms with Crippen molar-refractivity contribution in [2.24, 2.45) is 5.16 Å². The maximum absolute atomic E-state index is 13.1. The second-order valence-corrected chi connectivity index (χ2v) is 10.9. The average molecular weight is 512 g/mol. The predicted octanol–water partition coefficient (Wildman–Crippen LogP) is 0.935. The van der Waals surface area contributed by atoms with E-state index in [1.165, 1.54) is 37.1 Å². The second-order valence-electron chi connectivity index (χ2n) is 8.89. The van der Waals surface area contributed by atoms with Gasteiger partial charge in [-0.25, -0.2) is 14.6 Å². The lowest BCUT2D eigenvalue weighted by Crippen LogP contribution is -2.70. The van der Waals surface area contributed by atoms with Crippen molar-refractivity contribution in [3.8, 4) is 0 Å². The summed E-state index contributed by atoms with van der Waals surface area (Å²) < 4.78 is 5.33. The van der Waals surface area contributed by atoms with E-state index in [2.05, 4.69) is 15.5 Å². The molecular weight excluding hydrogens is 486 g/mol. The van der Waals surface area contributed by atoms with Crippen LogP contribution in [0, 0.1) is 0 Å². The summed E-state index contributed by atoms with van der Waals surface area (Å²) in [6.45, 7) is 7.97. The van der Waals surface area contributed by atoms with E-state index < -0.39 is 46.4 Å². The molecule has 1 fully saturated rings. The third-order valence-corrected chi connectivity index (χ3v) is 6.44. The Bertz CT molecular complexity index is 1090. The minimum Gasteiger partial charge on any atom is -0.477 e. The first kappa shape index (κ1) is 25.5. The number of nitrogen functional groups attached to an aromatic ring is 1. The van der Waals surface area contributed by atoms with Crippen LogP contribution in [0.1, 0.15) is 40.3 Å². The van der Waals surface area contributed by atoms with Crippen molar-refractivity contribution in [1.29, 1.82) is 0 Å². The summed E-state index contributed by atoms with van der Waals surface area (Å²) in [5, 5.41) is 16.8. The number of anilines is 1. The topological polar surface area (TPSA) is 174 Å². The molecule has 4 N–H and O–H groups in total. The number of esters is 1. The zero-order valence-electron chi connectivity index (χ0n) is 19.1. The number of thioether (sulfide) groups is 1. The molecule has 0 aliphatic carbocycles. The van der Waals surface area contributed by atoms with Crippen molar-refractivity contribution in [2.75, 3.05) is 11.5 Å². The summed E-state index contributed by atoms with van der Waals surface area (Å²) in [5.74, 6) is -2.90. The quantitative estimate of drug-likeness (QED) is 0.207. The monoisotopic (exact) mass is 511 g/mol. The van der Waals surface area contributed by atoms with Gasteiger partial charge in [0.15, 0.2) is 10.8 Å². The number of carboxylic acid groups (broad SMARTS) is 1. The zero-order valence-corrected chi connectivity index (χ0v) is 20.8. The van der Waals surface area contributed by atoms with Crippen LogP contribution < -0.4 is 11.1 Å². The van der Waals surface area contributed by atoms with Crippen LogP contribution >= 0.6 is 23.1 Å². The number of β-lactam (4-membered cyclic amide) rings is 1. The summed E-state index contributed by atoms with van der Waals surface area (Å²) in [5.41, 5.74) is 3.05. The molecule has 2 aliphatic heterocycles. The predicted molar refractivity (Wildman–Crippen MR) is 125 cm³/mol. The first-order chi connectivity index (χ1) is 15.7. The molecule has 2 atom stereocenters. The van der Waals surface area contributed by atoms with Gasteiger partial charge in [0.1, 0.15) is 28.4 Å². The van der Waals surface area contributed by atoms with E-state index in [1.807, 2.05) is 0 Å². The van der Waals surface area contributed by atoms with Crippen molar-refractivity contribution in [3.63, 3.8) is 0 Å². The second kappa shape index (κ2) is 9.25. The molecule has 0 radical (unpaired) electrons. The van der Waals surface area contributed by atoms with E-state index in [1.54, 1.807) is 20.8 Å². The van der Waals surface area contributed by atoms with Crippen molar-refractivity contribution in [3.05, 3.63) is 22.8 Å². The minimum absolute atomic E-state index is 0.0889.